The summed E-state index contributed by atoms with van der Waals surface area (Å²) in [5, 5.41) is 2.12. The van der Waals surface area contributed by atoms with Gasteiger partial charge in [0.1, 0.15) is 12.4 Å². The van der Waals surface area contributed by atoms with Gasteiger partial charge in [0, 0.05) is 43.7 Å². The van der Waals surface area contributed by atoms with Crippen LogP contribution in [0.3, 0.4) is 0 Å². The second kappa shape index (κ2) is 11.3. The number of hydrogen-bond acceptors (Lipinski definition) is 6. The van der Waals surface area contributed by atoms with Gasteiger partial charge in [-0.3, -0.25) is 24.6 Å². The second-order valence-corrected chi connectivity index (χ2v) is 8.82. The molecule has 2 aromatic rings. The Balaban J connectivity index is 1.31. The van der Waals surface area contributed by atoms with E-state index in [9.17, 15) is 14.4 Å². The maximum Gasteiger partial charge on any atom is 0.254 e. The van der Waals surface area contributed by atoms with Gasteiger partial charge in [0.25, 0.3) is 5.91 Å². The van der Waals surface area contributed by atoms with E-state index in [1.165, 1.54) is 5.56 Å². The van der Waals surface area contributed by atoms with Crippen molar-refractivity contribution in [3.8, 4) is 5.75 Å². The Hall–Kier alpha value is -3.23. The Labute approximate surface area is 199 Å². The first-order chi connectivity index (χ1) is 16.5. The fraction of sp³-hybridized carbons (Fsp3) is 0.423. The summed E-state index contributed by atoms with van der Waals surface area (Å²) in [7, 11) is 0. The minimum atomic E-state index is -0.339. The van der Waals surface area contributed by atoms with Gasteiger partial charge in [-0.15, -0.1) is 0 Å². The second-order valence-electron chi connectivity index (χ2n) is 8.82. The van der Waals surface area contributed by atoms with Crippen molar-refractivity contribution in [3.05, 3.63) is 64.7 Å². The predicted molar refractivity (Wildman–Crippen MR) is 126 cm³/mol. The summed E-state index contributed by atoms with van der Waals surface area (Å²) in [6.45, 7) is 7.03. The molecule has 0 saturated carbocycles. The highest BCUT2D eigenvalue weighted by molar-refractivity contribution is 5.99. The zero-order valence-corrected chi connectivity index (χ0v) is 19.5. The first-order valence-corrected chi connectivity index (χ1v) is 11.7. The van der Waals surface area contributed by atoms with Gasteiger partial charge in [0.2, 0.25) is 12.3 Å². The van der Waals surface area contributed by atoms with Crippen molar-refractivity contribution in [3.63, 3.8) is 0 Å². The van der Waals surface area contributed by atoms with Gasteiger partial charge >= 0.3 is 0 Å². The lowest BCUT2D eigenvalue weighted by Crippen LogP contribution is -2.40. The third kappa shape index (κ3) is 6.01. The number of fused-ring (bicyclic) bond motifs is 1. The van der Waals surface area contributed by atoms with Crippen LogP contribution in [0.25, 0.3) is 0 Å². The molecular weight excluding hydrogens is 434 g/mol. The van der Waals surface area contributed by atoms with Crippen LogP contribution in [0.1, 0.15) is 46.8 Å². The highest BCUT2D eigenvalue weighted by Gasteiger charge is 2.29. The molecule has 1 N–H and O–H groups in total. The van der Waals surface area contributed by atoms with Crippen molar-refractivity contribution in [2.75, 3.05) is 26.2 Å². The molecule has 2 aliphatic heterocycles. The summed E-state index contributed by atoms with van der Waals surface area (Å²) in [5.41, 5.74) is 3.86. The third-order valence-corrected chi connectivity index (χ3v) is 6.20. The Bertz CT molecular complexity index is 1020. The average molecular weight is 466 g/mol. The molecule has 34 heavy (non-hydrogen) atoms. The van der Waals surface area contributed by atoms with E-state index < -0.39 is 0 Å². The van der Waals surface area contributed by atoms with Crippen molar-refractivity contribution >= 4 is 18.2 Å². The molecule has 1 atom stereocenters. The smallest absolute Gasteiger partial charge is 0.254 e. The van der Waals surface area contributed by atoms with Gasteiger partial charge in [-0.1, -0.05) is 30.3 Å². The van der Waals surface area contributed by atoms with Crippen LogP contribution < -0.4 is 10.1 Å². The number of nitrogens with one attached hydrogen (secondary N) is 1. The van der Waals surface area contributed by atoms with E-state index >= 15 is 0 Å². The van der Waals surface area contributed by atoms with Crippen LogP contribution in [0.5, 0.6) is 5.75 Å². The molecule has 1 fully saturated rings. The summed E-state index contributed by atoms with van der Waals surface area (Å²) in [6, 6.07) is 14.0. The zero-order valence-electron chi connectivity index (χ0n) is 19.5. The minimum Gasteiger partial charge on any atom is -0.489 e. The van der Waals surface area contributed by atoms with E-state index in [0.29, 0.717) is 43.8 Å². The van der Waals surface area contributed by atoms with Crippen molar-refractivity contribution < 1.29 is 23.9 Å². The van der Waals surface area contributed by atoms with Gasteiger partial charge < -0.3 is 14.4 Å². The van der Waals surface area contributed by atoms with Crippen molar-refractivity contribution in [1.82, 2.24) is 15.1 Å². The third-order valence-electron chi connectivity index (χ3n) is 6.20. The molecule has 2 aromatic carbocycles. The molecule has 180 valence electrons. The first kappa shape index (κ1) is 23.9. The molecule has 8 nitrogen and oxygen atoms in total. The van der Waals surface area contributed by atoms with Crippen LogP contribution >= 0.6 is 0 Å². The Morgan fingerprint density at radius 3 is 2.76 bits per heavy atom. The van der Waals surface area contributed by atoms with Crippen LogP contribution in [0, 0.1) is 0 Å². The normalized spacial score (nSPS) is 18.0. The number of benzene rings is 2. The first-order valence-electron chi connectivity index (χ1n) is 11.7. The summed E-state index contributed by atoms with van der Waals surface area (Å²) in [6.07, 6.45) is 1.34. The molecule has 1 unspecified atom stereocenters. The van der Waals surface area contributed by atoms with Crippen LogP contribution in [-0.2, 0) is 34.0 Å². The van der Waals surface area contributed by atoms with E-state index in [-0.39, 0.29) is 24.3 Å². The van der Waals surface area contributed by atoms with Crippen molar-refractivity contribution in [2.24, 2.45) is 0 Å². The quantitative estimate of drug-likeness (QED) is 0.543. The Kier molecular flexibility index (Phi) is 7.92. The number of nitrogens with zero attached hydrogens (tertiary/aromatic N) is 2. The number of amides is 3. The molecular formula is C26H31N3O5. The molecule has 3 amide bonds. The van der Waals surface area contributed by atoms with Gasteiger partial charge in [-0.25, -0.2) is 0 Å². The van der Waals surface area contributed by atoms with E-state index in [4.69, 9.17) is 9.47 Å². The van der Waals surface area contributed by atoms with Crippen LogP contribution in [-0.4, -0.2) is 60.4 Å². The fourth-order valence-corrected chi connectivity index (χ4v) is 4.44. The molecule has 8 heteroatoms. The lowest BCUT2D eigenvalue weighted by molar-refractivity contribution is -0.125. The maximum absolute atomic E-state index is 12.7. The van der Waals surface area contributed by atoms with E-state index in [1.54, 1.807) is 4.90 Å². The van der Waals surface area contributed by atoms with Gasteiger partial charge in [0.05, 0.1) is 19.3 Å². The highest BCUT2D eigenvalue weighted by Crippen LogP contribution is 2.31. The van der Waals surface area contributed by atoms with E-state index in [0.717, 1.165) is 37.4 Å². The number of rotatable bonds is 10. The maximum atomic E-state index is 12.7. The van der Waals surface area contributed by atoms with Crippen molar-refractivity contribution in [1.29, 1.82) is 0 Å². The minimum absolute atomic E-state index is 0.0574. The standard InChI is InChI=1S/C26H31N3O5/c1-19-14-28(12-13-33-19)15-20-7-9-21(10-8-20)17-34-24-5-2-4-22-23(24)16-29(26(22)32)11-3-6-25(31)27-18-30/h2,4-5,7-10,18-19H,3,6,11-17H2,1H3,(H,27,30,31). The summed E-state index contributed by atoms with van der Waals surface area (Å²) in [5.74, 6) is 0.310. The lowest BCUT2D eigenvalue weighted by Gasteiger charge is -2.31. The molecule has 1 saturated heterocycles. The molecule has 0 bridgehead atoms. The topological polar surface area (TPSA) is 88.2 Å². The number of carbonyl (C=O) groups is 3. The molecule has 2 aliphatic rings. The van der Waals surface area contributed by atoms with E-state index in [1.807, 2.05) is 18.2 Å². The monoisotopic (exact) mass is 465 g/mol. The van der Waals surface area contributed by atoms with Crippen LogP contribution in [0.15, 0.2) is 42.5 Å². The zero-order chi connectivity index (χ0) is 23.9. The average Bonchev–Trinajstić information content (AvgIpc) is 3.15. The number of hydrogen-bond donors (Lipinski definition) is 1. The SMILES string of the molecule is CC1CN(Cc2ccc(COc3cccc4c3CN(CCCC(=O)NC=O)C4=O)cc2)CCO1. The van der Waals surface area contributed by atoms with Crippen molar-refractivity contribution in [2.45, 2.75) is 45.6 Å². The van der Waals surface area contributed by atoms with Gasteiger partial charge in [0.15, 0.2) is 0 Å². The molecule has 4 rings (SSSR count). The fourth-order valence-electron chi connectivity index (χ4n) is 4.44. The predicted octanol–water partition coefficient (Wildman–Crippen LogP) is 2.49. The van der Waals surface area contributed by atoms with Crippen LogP contribution in [0.2, 0.25) is 0 Å². The molecule has 0 aliphatic carbocycles. The number of carbonyl (C=O) groups excluding carboxylic acids is 3. The Morgan fingerprint density at radius 2 is 2.00 bits per heavy atom. The van der Waals surface area contributed by atoms with Crippen LogP contribution in [0.4, 0.5) is 0 Å². The van der Waals surface area contributed by atoms with E-state index in [2.05, 4.69) is 41.4 Å². The molecule has 0 aromatic heterocycles. The van der Waals surface area contributed by atoms with Gasteiger partial charge in [-0.05, 0) is 36.6 Å². The summed E-state index contributed by atoms with van der Waals surface area (Å²) < 4.78 is 11.7. The largest absolute Gasteiger partial charge is 0.489 e. The lowest BCUT2D eigenvalue weighted by atomic mass is 10.1. The van der Waals surface area contributed by atoms with Gasteiger partial charge in [-0.2, -0.15) is 0 Å². The molecule has 2 heterocycles. The highest BCUT2D eigenvalue weighted by atomic mass is 16.5. The number of morpholine rings is 1. The number of imide groups is 1. The molecule has 0 spiro atoms. The summed E-state index contributed by atoms with van der Waals surface area (Å²) >= 11 is 0. The number of ether oxygens (including phenoxy) is 2. The Morgan fingerprint density at radius 1 is 1.21 bits per heavy atom. The summed E-state index contributed by atoms with van der Waals surface area (Å²) in [4.78, 5) is 38.7. The molecule has 0 radical (unpaired) electrons.